The predicted molar refractivity (Wildman–Crippen MR) is 23.0 cm³/mol. The third kappa shape index (κ3) is 1.64. The molecule has 0 saturated carbocycles. The van der Waals surface area contributed by atoms with E-state index >= 15 is 0 Å². The Bertz CT molecular complexity index is 154. The molecule has 0 rings (SSSR count). The second kappa shape index (κ2) is 2.44. The number of hydrogen-bond acceptors (Lipinski definition) is 3. The second-order valence-corrected chi connectivity index (χ2v) is 2.44. The fourth-order valence-corrected chi connectivity index (χ4v) is 0.283. The maximum absolute atomic E-state index is 11.8. The molecule has 3 nitrogen and oxygen atoms in total. The first-order valence-corrected chi connectivity index (χ1v) is 2.91. The summed E-state index contributed by atoms with van der Waals surface area (Å²) in [6.07, 6.45) is -5.58. The molecular formula is C2H2F4NO2S-. The first kappa shape index (κ1) is 9.79. The lowest BCUT2D eigenvalue weighted by Gasteiger charge is -2.24. The molecule has 0 spiro atoms. The highest BCUT2D eigenvalue weighted by Gasteiger charge is 2.54. The van der Waals surface area contributed by atoms with Crippen LogP contribution in [0.2, 0.25) is 0 Å². The van der Waals surface area contributed by atoms with Crippen molar-refractivity contribution in [2.45, 2.75) is 11.3 Å². The topological polar surface area (TPSA) is 66.2 Å². The van der Waals surface area contributed by atoms with Gasteiger partial charge in [0.1, 0.15) is 0 Å². The highest BCUT2D eigenvalue weighted by molar-refractivity contribution is 7.80. The van der Waals surface area contributed by atoms with E-state index in [0.717, 1.165) is 0 Å². The molecule has 2 N–H and O–H groups in total. The fraction of sp³-hybridized carbons (Fsp3) is 1.00. The second-order valence-electron chi connectivity index (χ2n) is 1.38. The summed E-state index contributed by atoms with van der Waals surface area (Å²) in [4.78, 5) is 0. The van der Waals surface area contributed by atoms with E-state index in [2.05, 4.69) is 5.73 Å². The van der Waals surface area contributed by atoms with Gasteiger partial charge in [-0.15, -0.1) is 0 Å². The molecule has 0 fully saturated rings. The molecule has 2 atom stereocenters. The molecule has 62 valence electrons. The summed E-state index contributed by atoms with van der Waals surface area (Å²) in [5.41, 5.74) is 3.73. The summed E-state index contributed by atoms with van der Waals surface area (Å²) in [5.74, 6) is 0. The van der Waals surface area contributed by atoms with E-state index in [1.165, 1.54) is 0 Å². The first-order valence-electron chi connectivity index (χ1n) is 1.83. The molecule has 0 aromatic carbocycles. The zero-order chi connectivity index (χ0) is 8.58. The summed E-state index contributed by atoms with van der Waals surface area (Å²) in [6.45, 7) is 0. The minimum atomic E-state index is -5.58. The Hall–Kier alpha value is -0.210. The van der Waals surface area contributed by atoms with Gasteiger partial charge in [-0.1, -0.05) is 0 Å². The van der Waals surface area contributed by atoms with Crippen LogP contribution in [0.25, 0.3) is 0 Å². The predicted octanol–water partition coefficient (Wildman–Crippen LogP) is 0.00980. The van der Waals surface area contributed by atoms with Crippen molar-refractivity contribution in [1.29, 1.82) is 0 Å². The zero-order valence-corrected chi connectivity index (χ0v) is 5.13. The van der Waals surface area contributed by atoms with E-state index in [1.807, 2.05) is 0 Å². The van der Waals surface area contributed by atoms with Crippen molar-refractivity contribution >= 4 is 11.1 Å². The Labute approximate surface area is 55.5 Å². The number of halogens is 4. The van der Waals surface area contributed by atoms with Crippen LogP contribution in [0.1, 0.15) is 0 Å². The summed E-state index contributed by atoms with van der Waals surface area (Å²) in [7, 11) is 0. The van der Waals surface area contributed by atoms with Gasteiger partial charge in [-0.05, 0) is 0 Å². The summed E-state index contributed by atoms with van der Waals surface area (Å²) in [6, 6.07) is 0. The van der Waals surface area contributed by atoms with Crippen molar-refractivity contribution in [2.75, 3.05) is 0 Å². The van der Waals surface area contributed by atoms with E-state index in [1.54, 1.807) is 0 Å². The van der Waals surface area contributed by atoms with Crippen molar-refractivity contribution < 1.29 is 26.3 Å². The quantitative estimate of drug-likeness (QED) is 0.351. The molecule has 2 unspecified atom stereocenters. The molecule has 0 saturated heterocycles. The van der Waals surface area contributed by atoms with Crippen LogP contribution >= 0.6 is 0 Å². The van der Waals surface area contributed by atoms with Gasteiger partial charge in [-0.3, -0.25) is 9.94 Å². The van der Waals surface area contributed by atoms with Crippen LogP contribution in [0.4, 0.5) is 17.6 Å². The Morgan fingerprint density at radius 3 is 1.60 bits per heavy atom. The van der Waals surface area contributed by atoms with Crippen LogP contribution in [0.3, 0.4) is 0 Å². The number of nitrogens with two attached hydrogens (primary N) is 1. The number of hydrogen-bond donors (Lipinski definition) is 1. The van der Waals surface area contributed by atoms with E-state index in [-0.39, 0.29) is 0 Å². The van der Waals surface area contributed by atoms with E-state index in [0.29, 0.717) is 0 Å². The lowest BCUT2D eigenvalue weighted by atomic mass is 10.6. The maximum Gasteiger partial charge on any atom is 0.448 e. The number of alkyl halides is 4. The van der Waals surface area contributed by atoms with Gasteiger partial charge in [-0.25, -0.2) is 4.39 Å². The van der Waals surface area contributed by atoms with Crippen molar-refractivity contribution in [1.82, 2.24) is 0 Å². The van der Waals surface area contributed by atoms with Crippen LogP contribution in [-0.2, 0) is 11.1 Å². The van der Waals surface area contributed by atoms with E-state index < -0.39 is 22.4 Å². The largest absolute Gasteiger partial charge is 0.769 e. The number of rotatable bonds is 1. The van der Waals surface area contributed by atoms with Crippen LogP contribution in [0, 0.1) is 0 Å². The van der Waals surface area contributed by atoms with E-state index in [4.69, 9.17) is 0 Å². The summed E-state index contributed by atoms with van der Waals surface area (Å²) >= 11 is -4.01. The van der Waals surface area contributed by atoms with Crippen molar-refractivity contribution in [2.24, 2.45) is 5.73 Å². The third-order valence-electron chi connectivity index (χ3n) is 0.629. The molecule has 0 aromatic heterocycles. The van der Waals surface area contributed by atoms with Crippen molar-refractivity contribution in [3.8, 4) is 0 Å². The molecule has 10 heavy (non-hydrogen) atoms. The van der Waals surface area contributed by atoms with Crippen LogP contribution < -0.4 is 5.73 Å². The molecule has 0 amide bonds. The molecule has 0 radical (unpaired) electrons. The Balaban J connectivity index is 4.57. The normalized spacial score (nSPS) is 21.8. The van der Waals surface area contributed by atoms with Gasteiger partial charge in [0.25, 0.3) is 0 Å². The SMILES string of the molecule is NC(F)(S(=O)[O-])C(F)(F)F. The van der Waals surface area contributed by atoms with Gasteiger partial charge < -0.3 is 4.55 Å². The monoisotopic (exact) mass is 180 g/mol. The molecule has 0 aromatic rings. The highest BCUT2D eigenvalue weighted by atomic mass is 32.2. The lowest BCUT2D eigenvalue weighted by molar-refractivity contribution is -0.196. The van der Waals surface area contributed by atoms with E-state index in [9.17, 15) is 26.3 Å². The molecule has 0 bridgehead atoms. The third-order valence-corrected chi connectivity index (χ3v) is 1.35. The Morgan fingerprint density at radius 2 is 1.60 bits per heavy atom. The van der Waals surface area contributed by atoms with Crippen LogP contribution in [0.15, 0.2) is 0 Å². The van der Waals surface area contributed by atoms with Gasteiger partial charge >= 0.3 is 11.3 Å². The maximum atomic E-state index is 11.8. The molecule has 0 aliphatic heterocycles. The Kier molecular flexibility index (Phi) is 2.39. The fourth-order valence-electron chi connectivity index (χ4n) is 0.0945. The first-order chi connectivity index (χ1) is 4.19. The summed E-state index contributed by atoms with van der Waals surface area (Å²) < 4.78 is 64.2. The molecule has 0 heterocycles. The van der Waals surface area contributed by atoms with Gasteiger partial charge in [0.05, 0.1) is 0 Å². The standard InChI is InChI=1S/C2H3F4NO2S/c3-1(4,5)2(6,7)10(8)9/h7H2,(H,8,9)/p-1. The van der Waals surface area contributed by atoms with Gasteiger partial charge in [0, 0.05) is 11.1 Å². The van der Waals surface area contributed by atoms with Crippen LogP contribution in [-0.4, -0.2) is 20.1 Å². The average molecular weight is 180 g/mol. The minimum absolute atomic E-state index is 3.73. The zero-order valence-electron chi connectivity index (χ0n) is 4.31. The molecule has 0 aliphatic carbocycles. The van der Waals surface area contributed by atoms with Crippen molar-refractivity contribution in [3.63, 3.8) is 0 Å². The summed E-state index contributed by atoms with van der Waals surface area (Å²) in [5, 5.41) is -4.65. The molecule has 8 heteroatoms. The van der Waals surface area contributed by atoms with Crippen LogP contribution in [0.5, 0.6) is 0 Å². The lowest BCUT2D eigenvalue weighted by Crippen LogP contribution is -2.52. The molecule has 0 aliphatic rings. The van der Waals surface area contributed by atoms with Gasteiger partial charge in [0.15, 0.2) is 0 Å². The minimum Gasteiger partial charge on any atom is -0.769 e. The van der Waals surface area contributed by atoms with Crippen molar-refractivity contribution in [3.05, 3.63) is 0 Å². The smallest absolute Gasteiger partial charge is 0.448 e. The van der Waals surface area contributed by atoms with Gasteiger partial charge in [0.2, 0.25) is 0 Å². The average Bonchev–Trinajstić information content (AvgIpc) is 1.62. The Morgan fingerprint density at radius 1 is 1.30 bits per heavy atom. The van der Waals surface area contributed by atoms with Gasteiger partial charge in [-0.2, -0.15) is 13.2 Å². The highest BCUT2D eigenvalue weighted by Crippen LogP contribution is 2.31. The molecular weight excluding hydrogens is 178 g/mol.